The van der Waals surface area contributed by atoms with Gasteiger partial charge in [-0.25, -0.2) is 0 Å². The second-order valence-electron chi connectivity index (χ2n) is 5.75. The van der Waals surface area contributed by atoms with Gasteiger partial charge in [-0.1, -0.05) is 36.4 Å². The second-order valence-corrected chi connectivity index (χ2v) is 6.63. The third-order valence-electron chi connectivity index (χ3n) is 4.56. The van der Waals surface area contributed by atoms with Gasteiger partial charge in [-0.2, -0.15) is 0 Å². The van der Waals surface area contributed by atoms with E-state index in [1.807, 2.05) is 0 Å². The molecule has 1 atom stereocenters. The molecule has 2 rings (SSSR count). The molecular formula is C13H21IO2. The lowest BCUT2D eigenvalue weighted by Gasteiger charge is -2.40. The number of halogens is 1. The SMILES string of the molecule is CC(C)C1CCC2(CC1)CC(=O)OC2CI. The summed E-state index contributed by atoms with van der Waals surface area (Å²) in [5.74, 6) is 1.68. The number of ether oxygens (including phenoxy) is 1. The van der Waals surface area contributed by atoms with Crippen LogP contribution in [0.15, 0.2) is 0 Å². The normalized spacial score (nSPS) is 39.4. The number of carbonyl (C=O) groups excluding carboxylic acids is 1. The van der Waals surface area contributed by atoms with Crippen LogP contribution in [0.2, 0.25) is 0 Å². The van der Waals surface area contributed by atoms with Crippen LogP contribution in [0.1, 0.15) is 46.0 Å². The van der Waals surface area contributed by atoms with Gasteiger partial charge in [0.2, 0.25) is 0 Å². The Morgan fingerprint density at radius 2 is 2.06 bits per heavy atom. The van der Waals surface area contributed by atoms with Gasteiger partial charge >= 0.3 is 5.97 Å². The monoisotopic (exact) mass is 336 g/mol. The average Bonchev–Trinajstić information content (AvgIpc) is 2.55. The van der Waals surface area contributed by atoms with Crippen LogP contribution in [-0.2, 0) is 9.53 Å². The van der Waals surface area contributed by atoms with E-state index in [4.69, 9.17) is 4.74 Å². The fourth-order valence-corrected chi connectivity index (χ4v) is 4.42. The van der Waals surface area contributed by atoms with Gasteiger partial charge in [-0.15, -0.1) is 0 Å². The van der Waals surface area contributed by atoms with Crippen LogP contribution >= 0.6 is 22.6 Å². The maximum atomic E-state index is 11.5. The molecule has 3 heteroatoms. The molecule has 0 aromatic carbocycles. The molecule has 0 radical (unpaired) electrons. The first-order chi connectivity index (χ1) is 7.57. The molecule has 1 unspecified atom stereocenters. The van der Waals surface area contributed by atoms with Crippen molar-refractivity contribution < 1.29 is 9.53 Å². The van der Waals surface area contributed by atoms with Crippen molar-refractivity contribution >= 4 is 28.6 Å². The zero-order valence-electron chi connectivity index (χ0n) is 10.2. The largest absolute Gasteiger partial charge is 0.461 e. The molecule has 1 saturated carbocycles. The second kappa shape index (κ2) is 4.83. The Kier molecular flexibility index (Phi) is 3.82. The Morgan fingerprint density at radius 3 is 2.56 bits per heavy atom. The summed E-state index contributed by atoms with van der Waals surface area (Å²) in [5.41, 5.74) is 0.198. The van der Waals surface area contributed by atoms with Gasteiger partial charge in [0.25, 0.3) is 0 Å². The van der Waals surface area contributed by atoms with Crippen LogP contribution in [-0.4, -0.2) is 16.5 Å². The molecule has 1 heterocycles. The van der Waals surface area contributed by atoms with E-state index in [-0.39, 0.29) is 17.5 Å². The quantitative estimate of drug-likeness (QED) is 0.438. The number of alkyl halides is 1. The van der Waals surface area contributed by atoms with Crippen LogP contribution in [0.4, 0.5) is 0 Å². The van der Waals surface area contributed by atoms with Gasteiger partial charge < -0.3 is 4.74 Å². The zero-order chi connectivity index (χ0) is 11.8. The summed E-state index contributed by atoms with van der Waals surface area (Å²) in [6, 6.07) is 0. The molecule has 0 bridgehead atoms. The molecule has 92 valence electrons. The van der Waals surface area contributed by atoms with E-state index in [0.29, 0.717) is 6.42 Å². The Hall–Kier alpha value is 0.200. The van der Waals surface area contributed by atoms with Crippen molar-refractivity contribution in [3.05, 3.63) is 0 Å². The van der Waals surface area contributed by atoms with Gasteiger partial charge in [0, 0.05) is 9.84 Å². The molecule has 1 aliphatic heterocycles. The number of hydrogen-bond acceptors (Lipinski definition) is 2. The minimum Gasteiger partial charge on any atom is -0.461 e. The van der Waals surface area contributed by atoms with Crippen molar-refractivity contribution in [2.24, 2.45) is 17.3 Å². The summed E-state index contributed by atoms with van der Waals surface area (Å²) in [5, 5.41) is 0. The molecule has 0 aromatic heterocycles. The molecule has 16 heavy (non-hydrogen) atoms. The first kappa shape index (κ1) is 12.7. The first-order valence-electron chi connectivity index (χ1n) is 6.33. The number of rotatable bonds is 2. The van der Waals surface area contributed by atoms with Crippen LogP contribution in [0, 0.1) is 17.3 Å². The van der Waals surface area contributed by atoms with Crippen molar-refractivity contribution in [3.8, 4) is 0 Å². The highest BCUT2D eigenvalue weighted by Crippen LogP contribution is 2.50. The van der Waals surface area contributed by atoms with Crippen molar-refractivity contribution in [3.63, 3.8) is 0 Å². The molecular weight excluding hydrogens is 315 g/mol. The van der Waals surface area contributed by atoms with Gasteiger partial charge in [-0.3, -0.25) is 4.79 Å². The van der Waals surface area contributed by atoms with Gasteiger partial charge in [-0.05, 0) is 37.5 Å². The number of esters is 1. The maximum absolute atomic E-state index is 11.5. The lowest BCUT2D eigenvalue weighted by atomic mass is 9.65. The summed E-state index contributed by atoms with van der Waals surface area (Å²) in [6.07, 6.45) is 5.80. The highest BCUT2D eigenvalue weighted by molar-refractivity contribution is 14.1. The topological polar surface area (TPSA) is 26.3 Å². The highest BCUT2D eigenvalue weighted by Gasteiger charge is 2.49. The van der Waals surface area contributed by atoms with E-state index in [1.165, 1.54) is 25.7 Å². The molecule has 0 N–H and O–H groups in total. The van der Waals surface area contributed by atoms with Gasteiger partial charge in [0.1, 0.15) is 6.10 Å². The van der Waals surface area contributed by atoms with Gasteiger partial charge in [0.05, 0.1) is 6.42 Å². The molecule has 1 spiro atoms. The molecule has 0 aromatic rings. The first-order valence-corrected chi connectivity index (χ1v) is 7.85. The number of cyclic esters (lactones) is 1. The third-order valence-corrected chi connectivity index (χ3v) is 5.36. The van der Waals surface area contributed by atoms with E-state index in [2.05, 4.69) is 36.4 Å². The van der Waals surface area contributed by atoms with Crippen molar-refractivity contribution in [2.45, 2.75) is 52.1 Å². The number of carbonyl (C=O) groups is 1. The zero-order valence-corrected chi connectivity index (χ0v) is 12.3. The summed E-state index contributed by atoms with van der Waals surface area (Å²) in [4.78, 5) is 11.5. The molecule has 0 amide bonds. The van der Waals surface area contributed by atoms with E-state index >= 15 is 0 Å². The lowest BCUT2D eigenvalue weighted by Crippen LogP contribution is -2.37. The standard InChI is InChI=1S/C13H21IO2/c1-9(2)10-3-5-13(6-4-10)7-12(15)16-11(13)8-14/h9-11H,3-8H2,1-2H3. The minimum absolute atomic E-state index is 0.0321. The average molecular weight is 336 g/mol. The molecule has 2 fully saturated rings. The highest BCUT2D eigenvalue weighted by atomic mass is 127. The van der Waals surface area contributed by atoms with Crippen molar-refractivity contribution in [1.29, 1.82) is 0 Å². The molecule has 2 nitrogen and oxygen atoms in total. The van der Waals surface area contributed by atoms with Crippen molar-refractivity contribution in [2.75, 3.05) is 4.43 Å². The fraction of sp³-hybridized carbons (Fsp3) is 0.923. The summed E-state index contributed by atoms with van der Waals surface area (Å²) in [7, 11) is 0. The van der Waals surface area contributed by atoms with Crippen LogP contribution in [0.25, 0.3) is 0 Å². The van der Waals surface area contributed by atoms with E-state index < -0.39 is 0 Å². The lowest BCUT2D eigenvalue weighted by molar-refractivity contribution is -0.140. The Morgan fingerprint density at radius 1 is 1.44 bits per heavy atom. The molecule has 1 saturated heterocycles. The summed E-state index contributed by atoms with van der Waals surface area (Å²) >= 11 is 2.35. The van der Waals surface area contributed by atoms with Crippen LogP contribution < -0.4 is 0 Å². The van der Waals surface area contributed by atoms with E-state index in [9.17, 15) is 4.79 Å². The number of hydrogen-bond donors (Lipinski definition) is 0. The Labute approximate surface area is 112 Å². The maximum Gasteiger partial charge on any atom is 0.306 e. The predicted octanol–water partition coefficient (Wildman–Crippen LogP) is 3.57. The van der Waals surface area contributed by atoms with Crippen LogP contribution in [0.3, 0.4) is 0 Å². The summed E-state index contributed by atoms with van der Waals surface area (Å²) in [6.45, 7) is 4.63. The van der Waals surface area contributed by atoms with Gasteiger partial charge in [0.15, 0.2) is 0 Å². The minimum atomic E-state index is 0.0321. The summed E-state index contributed by atoms with van der Waals surface area (Å²) < 4.78 is 6.41. The Bertz CT molecular complexity index is 267. The predicted molar refractivity (Wildman–Crippen MR) is 72.6 cm³/mol. The van der Waals surface area contributed by atoms with Crippen LogP contribution in [0.5, 0.6) is 0 Å². The smallest absolute Gasteiger partial charge is 0.306 e. The fourth-order valence-electron chi connectivity index (χ4n) is 3.30. The third kappa shape index (κ3) is 2.24. The Balaban J connectivity index is 2.03. The van der Waals surface area contributed by atoms with E-state index in [0.717, 1.165) is 16.3 Å². The molecule has 2 aliphatic rings. The van der Waals surface area contributed by atoms with E-state index in [1.54, 1.807) is 0 Å². The molecule has 1 aliphatic carbocycles. The van der Waals surface area contributed by atoms with Crippen molar-refractivity contribution in [1.82, 2.24) is 0 Å².